The zero-order valence-corrected chi connectivity index (χ0v) is 14.7. The van der Waals surface area contributed by atoms with Crippen LogP contribution in [0, 0.1) is 5.92 Å². The first-order chi connectivity index (χ1) is 12.0. The molecule has 3 rings (SSSR count). The minimum atomic E-state index is -0.623. The maximum atomic E-state index is 12.3. The zero-order chi connectivity index (χ0) is 17.8. The highest BCUT2D eigenvalue weighted by molar-refractivity contribution is 5.80. The van der Waals surface area contributed by atoms with Crippen LogP contribution in [0.5, 0.6) is 17.2 Å². The normalized spacial score (nSPS) is 13.8. The lowest BCUT2D eigenvalue weighted by atomic mass is 10.2. The smallest absolute Gasteiger partial charge is 0.261 e. The van der Waals surface area contributed by atoms with Gasteiger partial charge in [0.25, 0.3) is 5.91 Å². The van der Waals surface area contributed by atoms with Crippen LogP contribution in [0.3, 0.4) is 0 Å². The molecule has 0 radical (unpaired) electrons. The van der Waals surface area contributed by atoms with Crippen molar-refractivity contribution in [3.05, 3.63) is 36.4 Å². The summed E-state index contributed by atoms with van der Waals surface area (Å²) in [5, 5.41) is 2.89. The number of carbonyl (C=O) groups excluding carboxylic acids is 1. The lowest BCUT2D eigenvalue weighted by Gasteiger charge is -2.16. The summed E-state index contributed by atoms with van der Waals surface area (Å²) >= 11 is 0. The molecule has 2 heterocycles. The van der Waals surface area contributed by atoms with Crippen molar-refractivity contribution in [1.29, 1.82) is 0 Å². The molecule has 1 atom stereocenters. The van der Waals surface area contributed by atoms with E-state index in [-0.39, 0.29) is 12.7 Å². The van der Waals surface area contributed by atoms with Gasteiger partial charge in [-0.3, -0.25) is 4.79 Å². The van der Waals surface area contributed by atoms with Gasteiger partial charge in [0.05, 0.1) is 18.6 Å². The third kappa shape index (κ3) is 4.23. The number of hydrogen-bond donors (Lipinski definition) is 1. The third-order valence-corrected chi connectivity index (χ3v) is 3.83. The Balaban J connectivity index is 1.54. The Bertz CT molecular complexity index is 742. The van der Waals surface area contributed by atoms with E-state index in [0.29, 0.717) is 29.7 Å². The van der Waals surface area contributed by atoms with E-state index in [1.54, 1.807) is 37.6 Å². The van der Waals surface area contributed by atoms with Crippen molar-refractivity contribution < 1.29 is 19.0 Å². The lowest BCUT2D eigenvalue weighted by Crippen LogP contribution is -2.36. The first-order valence-corrected chi connectivity index (χ1v) is 8.36. The van der Waals surface area contributed by atoms with Crippen molar-refractivity contribution in [2.24, 2.45) is 5.92 Å². The van der Waals surface area contributed by atoms with Gasteiger partial charge in [-0.15, -0.1) is 0 Å². The molecular weight excluding hydrogens is 322 g/mol. The summed E-state index contributed by atoms with van der Waals surface area (Å²) in [5.41, 5.74) is 0.970. The van der Waals surface area contributed by atoms with Gasteiger partial charge in [-0.25, -0.2) is 4.98 Å². The van der Waals surface area contributed by atoms with Crippen LogP contribution in [-0.2, 0) is 17.9 Å². The van der Waals surface area contributed by atoms with E-state index in [0.717, 1.165) is 12.2 Å². The maximum Gasteiger partial charge on any atom is 0.261 e. The van der Waals surface area contributed by atoms with Crippen LogP contribution in [0.25, 0.3) is 0 Å². The number of hydrogen-bond acceptors (Lipinski definition) is 5. The number of carbonyl (C=O) groups is 1. The standard InChI is InChI=1S/C18H23N3O4/c1-12(2)9-21-10-19-7-14(21)8-20-18(22)13(3)25-15-4-5-16-17(6-15)24-11-23-16/h4-7,10,12-13H,8-9,11H2,1-3H3,(H,20,22). The van der Waals surface area contributed by atoms with E-state index >= 15 is 0 Å². The van der Waals surface area contributed by atoms with Crippen LogP contribution in [0.2, 0.25) is 0 Å². The highest BCUT2D eigenvalue weighted by atomic mass is 16.7. The van der Waals surface area contributed by atoms with Crippen molar-refractivity contribution in [3.8, 4) is 17.2 Å². The quantitative estimate of drug-likeness (QED) is 0.834. The van der Waals surface area contributed by atoms with E-state index in [4.69, 9.17) is 14.2 Å². The molecule has 1 aromatic carbocycles. The van der Waals surface area contributed by atoms with Gasteiger partial charge < -0.3 is 24.1 Å². The van der Waals surface area contributed by atoms with Gasteiger partial charge in [0.15, 0.2) is 17.6 Å². The van der Waals surface area contributed by atoms with Crippen molar-refractivity contribution in [2.75, 3.05) is 6.79 Å². The van der Waals surface area contributed by atoms with Gasteiger partial charge in [-0.1, -0.05) is 13.8 Å². The number of fused-ring (bicyclic) bond motifs is 1. The van der Waals surface area contributed by atoms with Crippen LogP contribution in [-0.4, -0.2) is 28.4 Å². The highest BCUT2D eigenvalue weighted by Gasteiger charge is 2.18. The van der Waals surface area contributed by atoms with Gasteiger partial charge in [-0.2, -0.15) is 0 Å². The number of nitrogens with zero attached hydrogens (tertiary/aromatic N) is 2. The van der Waals surface area contributed by atoms with Crippen molar-refractivity contribution in [3.63, 3.8) is 0 Å². The molecule has 0 aliphatic carbocycles. The molecule has 1 aromatic heterocycles. The predicted octanol–water partition coefficient (Wildman–Crippen LogP) is 2.35. The van der Waals surface area contributed by atoms with Gasteiger partial charge in [-0.05, 0) is 25.0 Å². The third-order valence-electron chi connectivity index (χ3n) is 3.83. The molecule has 7 heteroatoms. The van der Waals surface area contributed by atoms with E-state index in [1.165, 1.54) is 0 Å². The molecule has 134 valence electrons. The molecule has 1 aliphatic heterocycles. The van der Waals surface area contributed by atoms with Gasteiger partial charge in [0.2, 0.25) is 6.79 Å². The average Bonchev–Trinajstić information content (AvgIpc) is 3.20. The Morgan fingerprint density at radius 1 is 1.32 bits per heavy atom. The number of nitrogens with one attached hydrogen (secondary N) is 1. The molecule has 1 N–H and O–H groups in total. The lowest BCUT2D eigenvalue weighted by molar-refractivity contribution is -0.127. The van der Waals surface area contributed by atoms with Crippen LogP contribution in [0.1, 0.15) is 26.5 Å². The molecule has 1 unspecified atom stereocenters. The topological polar surface area (TPSA) is 74.6 Å². The van der Waals surface area contributed by atoms with Crippen LogP contribution in [0.15, 0.2) is 30.7 Å². The maximum absolute atomic E-state index is 12.3. The number of rotatable bonds is 7. The number of amides is 1. The second kappa shape index (κ2) is 7.46. The molecule has 0 bridgehead atoms. The SMILES string of the molecule is CC(C)Cn1cncc1CNC(=O)C(C)Oc1ccc2c(c1)OCO2. The molecule has 1 aliphatic rings. The van der Waals surface area contributed by atoms with Crippen molar-refractivity contribution in [2.45, 2.75) is 40.0 Å². The van der Waals surface area contributed by atoms with Crippen LogP contribution in [0.4, 0.5) is 0 Å². The first-order valence-electron chi connectivity index (χ1n) is 8.36. The van der Waals surface area contributed by atoms with Crippen molar-refractivity contribution in [1.82, 2.24) is 14.9 Å². The van der Waals surface area contributed by atoms with E-state index in [1.807, 2.05) is 4.57 Å². The molecule has 25 heavy (non-hydrogen) atoms. The average molecular weight is 345 g/mol. The molecule has 0 fully saturated rings. The summed E-state index contributed by atoms with van der Waals surface area (Å²) in [5.74, 6) is 2.20. The first kappa shape index (κ1) is 17.1. The van der Waals surface area contributed by atoms with E-state index < -0.39 is 6.10 Å². The molecule has 7 nitrogen and oxygen atoms in total. The Morgan fingerprint density at radius 2 is 2.12 bits per heavy atom. The van der Waals surface area contributed by atoms with E-state index in [2.05, 4.69) is 24.1 Å². The van der Waals surface area contributed by atoms with Crippen molar-refractivity contribution >= 4 is 5.91 Å². The summed E-state index contributed by atoms with van der Waals surface area (Å²) in [6, 6.07) is 5.26. The monoisotopic (exact) mass is 345 g/mol. The van der Waals surface area contributed by atoms with Gasteiger partial charge in [0, 0.05) is 18.8 Å². The molecule has 2 aromatic rings. The number of aromatic nitrogens is 2. The fourth-order valence-corrected chi connectivity index (χ4v) is 2.58. The molecule has 1 amide bonds. The molecule has 0 spiro atoms. The largest absolute Gasteiger partial charge is 0.481 e. The fraction of sp³-hybridized carbons (Fsp3) is 0.444. The minimum absolute atomic E-state index is 0.185. The predicted molar refractivity (Wildman–Crippen MR) is 91.6 cm³/mol. The van der Waals surface area contributed by atoms with Gasteiger partial charge >= 0.3 is 0 Å². The molecular formula is C18H23N3O4. The van der Waals surface area contributed by atoms with Gasteiger partial charge in [0.1, 0.15) is 5.75 Å². The summed E-state index contributed by atoms with van der Waals surface area (Å²) < 4.78 is 18.3. The molecule has 0 saturated carbocycles. The summed E-state index contributed by atoms with van der Waals surface area (Å²) in [4.78, 5) is 16.4. The number of benzene rings is 1. The van der Waals surface area contributed by atoms with Crippen LogP contribution < -0.4 is 19.5 Å². The zero-order valence-electron chi connectivity index (χ0n) is 14.7. The Labute approximate surface area is 146 Å². The Morgan fingerprint density at radius 3 is 2.92 bits per heavy atom. The second-order valence-electron chi connectivity index (χ2n) is 6.42. The van der Waals surface area contributed by atoms with E-state index in [9.17, 15) is 4.79 Å². The minimum Gasteiger partial charge on any atom is -0.481 e. The fourth-order valence-electron chi connectivity index (χ4n) is 2.58. The summed E-state index contributed by atoms with van der Waals surface area (Å²) in [6.45, 7) is 7.49. The number of imidazole rings is 1. The number of ether oxygens (including phenoxy) is 3. The highest BCUT2D eigenvalue weighted by Crippen LogP contribution is 2.35. The molecule has 0 saturated heterocycles. The Hall–Kier alpha value is -2.70. The summed E-state index contributed by atoms with van der Waals surface area (Å²) in [6.07, 6.45) is 2.93. The second-order valence-corrected chi connectivity index (χ2v) is 6.42. The van der Waals surface area contributed by atoms with Crippen LogP contribution >= 0.6 is 0 Å². The summed E-state index contributed by atoms with van der Waals surface area (Å²) in [7, 11) is 0. The Kier molecular flexibility index (Phi) is 5.11.